The smallest absolute Gasteiger partial charge is 0.0954 e. The van der Waals surface area contributed by atoms with Crippen LogP contribution in [0.2, 0.25) is 0 Å². The number of para-hydroxylation sites is 1. The van der Waals surface area contributed by atoms with Crippen molar-refractivity contribution in [2.24, 2.45) is 0 Å². The highest BCUT2D eigenvalue weighted by molar-refractivity contribution is 7.18. The lowest BCUT2D eigenvalue weighted by molar-refractivity contribution is 0.503. The molecule has 3 rings (SSSR count). The second kappa shape index (κ2) is 7.19. The molecule has 1 heterocycles. The number of benzene rings is 1. The molecule has 3 heteroatoms. The molecule has 0 fully saturated rings. The average Bonchev–Trinajstić information content (AvgIpc) is 2.90. The number of allylic oxidation sites excluding steroid dienone is 1. The third-order valence-electron chi connectivity index (χ3n) is 4.15. The fourth-order valence-electron chi connectivity index (χ4n) is 3.13. The van der Waals surface area contributed by atoms with Crippen molar-refractivity contribution in [3.63, 3.8) is 0 Å². The summed E-state index contributed by atoms with van der Waals surface area (Å²) >= 11 is 1.84. The molecule has 1 aliphatic carbocycles. The zero-order valence-electron chi connectivity index (χ0n) is 12.8. The summed E-state index contributed by atoms with van der Waals surface area (Å²) in [6.07, 6.45) is 10.00. The van der Waals surface area contributed by atoms with Gasteiger partial charge in [-0.05, 0) is 50.8 Å². The maximum Gasteiger partial charge on any atom is 0.0954 e. The number of fused-ring (bicyclic) bond motifs is 1. The fraction of sp³-hybridized carbons (Fsp3) is 0.500. The Hall–Kier alpha value is -1.19. The van der Waals surface area contributed by atoms with Gasteiger partial charge in [0.1, 0.15) is 0 Å². The van der Waals surface area contributed by atoms with Crippen LogP contribution >= 0.6 is 11.3 Å². The van der Waals surface area contributed by atoms with E-state index < -0.39 is 0 Å². The second-order valence-corrected chi connectivity index (χ2v) is 6.96. The molecular formula is C18H24N2S. The Morgan fingerprint density at radius 3 is 2.90 bits per heavy atom. The SMILES string of the molecule is CCNC(CC1=CCCCC1)Cc1nc2ccccc2s1. The third-order valence-corrected chi connectivity index (χ3v) is 5.20. The number of thiazole rings is 1. The number of likely N-dealkylation sites (N-methyl/N-ethyl adjacent to an activating group) is 1. The van der Waals surface area contributed by atoms with Crippen LogP contribution in [0.15, 0.2) is 35.9 Å². The van der Waals surface area contributed by atoms with Gasteiger partial charge in [-0.1, -0.05) is 30.7 Å². The predicted octanol–water partition coefficient (Wildman–Crippen LogP) is 4.71. The van der Waals surface area contributed by atoms with Gasteiger partial charge in [-0.3, -0.25) is 0 Å². The molecule has 0 saturated heterocycles. The van der Waals surface area contributed by atoms with Crippen molar-refractivity contribution < 1.29 is 0 Å². The highest BCUT2D eigenvalue weighted by Gasteiger charge is 2.15. The summed E-state index contributed by atoms with van der Waals surface area (Å²) in [6.45, 7) is 3.23. The van der Waals surface area contributed by atoms with E-state index in [2.05, 4.69) is 42.6 Å². The van der Waals surface area contributed by atoms with Gasteiger partial charge in [0.2, 0.25) is 0 Å². The van der Waals surface area contributed by atoms with Crippen molar-refractivity contribution in [1.29, 1.82) is 0 Å². The van der Waals surface area contributed by atoms with Crippen LogP contribution in [0.3, 0.4) is 0 Å². The molecule has 1 aromatic carbocycles. The molecule has 0 aliphatic heterocycles. The molecule has 0 radical (unpaired) electrons. The number of aromatic nitrogens is 1. The van der Waals surface area contributed by atoms with E-state index in [1.807, 2.05) is 11.3 Å². The summed E-state index contributed by atoms with van der Waals surface area (Å²) in [5, 5.41) is 4.91. The highest BCUT2D eigenvalue weighted by atomic mass is 32.1. The maximum absolute atomic E-state index is 4.79. The Bertz CT molecular complexity index is 581. The number of hydrogen-bond donors (Lipinski definition) is 1. The summed E-state index contributed by atoms with van der Waals surface area (Å²) in [7, 11) is 0. The highest BCUT2D eigenvalue weighted by Crippen LogP contribution is 2.26. The van der Waals surface area contributed by atoms with Crippen molar-refractivity contribution in [1.82, 2.24) is 10.3 Å². The van der Waals surface area contributed by atoms with Crippen LogP contribution in [-0.4, -0.2) is 17.6 Å². The lowest BCUT2D eigenvalue weighted by Gasteiger charge is -2.20. The lowest BCUT2D eigenvalue weighted by atomic mass is 9.93. The van der Waals surface area contributed by atoms with Gasteiger partial charge >= 0.3 is 0 Å². The van der Waals surface area contributed by atoms with Gasteiger partial charge in [0.25, 0.3) is 0 Å². The van der Waals surface area contributed by atoms with Crippen LogP contribution in [0.4, 0.5) is 0 Å². The van der Waals surface area contributed by atoms with Crippen LogP contribution in [0.25, 0.3) is 10.2 Å². The van der Waals surface area contributed by atoms with Crippen LogP contribution in [0.1, 0.15) is 44.0 Å². The van der Waals surface area contributed by atoms with E-state index in [4.69, 9.17) is 4.98 Å². The van der Waals surface area contributed by atoms with Gasteiger partial charge in [0, 0.05) is 12.5 Å². The van der Waals surface area contributed by atoms with Gasteiger partial charge in [-0.25, -0.2) is 4.98 Å². The van der Waals surface area contributed by atoms with Crippen LogP contribution in [-0.2, 0) is 6.42 Å². The van der Waals surface area contributed by atoms with E-state index in [9.17, 15) is 0 Å². The van der Waals surface area contributed by atoms with Crippen molar-refractivity contribution in [2.45, 2.75) is 51.5 Å². The average molecular weight is 300 g/mol. The maximum atomic E-state index is 4.79. The molecule has 112 valence electrons. The standard InChI is InChI=1S/C18H24N2S/c1-2-19-15(12-14-8-4-3-5-9-14)13-18-20-16-10-6-7-11-17(16)21-18/h6-8,10-11,15,19H,2-5,9,12-13H2,1H3. The zero-order valence-corrected chi connectivity index (χ0v) is 13.6. The molecular weight excluding hydrogens is 276 g/mol. The Balaban J connectivity index is 1.70. The van der Waals surface area contributed by atoms with Crippen molar-refractivity contribution in [2.75, 3.05) is 6.54 Å². The molecule has 0 saturated carbocycles. The first-order valence-corrected chi connectivity index (χ1v) is 8.92. The molecule has 21 heavy (non-hydrogen) atoms. The van der Waals surface area contributed by atoms with Crippen molar-refractivity contribution >= 4 is 21.6 Å². The molecule has 0 amide bonds. The van der Waals surface area contributed by atoms with Gasteiger partial charge < -0.3 is 5.32 Å². The normalized spacial score (nSPS) is 16.9. The number of rotatable bonds is 6. The molecule has 2 aromatic rings. The lowest BCUT2D eigenvalue weighted by Crippen LogP contribution is -2.31. The quantitative estimate of drug-likeness (QED) is 0.782. The summed E-state index contributed by atoms with van der Waals surface area (Å²) in [5.41, 5.74) is 2.79. The molecule has 1 N–H and O–H groups in total. The predicted molar refractivity (Wildman–Crippen MR) is 92.0 cm³/mol. The summed E-state index contributed by atoms with van der Waals surface area (Å²) in [4.78, 5) is 4.79. The van der Waals surface area contributed by atoms with Crippen LogP contribution in [0.5, 0.6) is 0 Å². The van der Waals surface area contributed by atoms with Gasteiger partial charge in [-0.15, -0.1) is 11.3 Å². The molecule has 0 bridgehead atoms. The molecule has 1 aliphatic rings. The molecule has 1 aromatic heterocycles. The summed E-state index contributed by atoms with van der Waals surface area (Å²) in [5.74, 6) is 0. The van der Waals surface area contributed by atoms with Crippen molar-refractivity contribution in [3.05, 3.63) is 40.9 Å². The summed E-state index contributed by atoms with van der Waals surface area (Å²) < 4.78 is 1.31. The number of nitrogens with one attached hydrogen (secondary N) is 1. The first kappa shape index (κ1) is 14.7. The molecule has 2 nitrogen and oxygen atoms in total. The van der Waals surface area contributed by atoms with Crippen LogP contribution in [0, 0.1) is 0 Å². The summed E-state index contributed by atoms with van der Waals surface area (Å²) in [6, 6.07) is 8.98. The van der Waals surface area contributed by atoms with E-state index in [0.29, 0.717) is 6.04 Å². The monoisotopic (exact) mass is 300 g/mol. The molecule has 0 spiro atoms. The van der Waals surface area contributed by atoms with Gasteiger partial charge in [0.15, 0.2) is 0 Å². The Morgan fingerprint density at radius 1 is 1.24 bits per heavy atom. The molecule has 1 atom stereocenters. The topological polar surface area (TPSA) is 24.9 Å². The van der Waals surface area contributed by atoms with Gasteiger partial charge in [-0.2, -0.15) is 0 Å². The van der Waals surface area contributed by atoms with Crippen molar-refractivity contribution in [3.8, 4) is 0 Å². The van der Waals surface area contributed by atoms with Crippen LogP contribution < -0.4 is 5.32 Å². The Morgan fingerprint density at radius 2 is 2.14 bits per heavy atom. The minimum atomic E-state index is 0.528. The largest absolute Gasteiger partial charge is 0.314 e. The molecule has 1 unspecified atom stereocenters. The number of nitrogens with zero attached hydrogens (tertiary/aromatic N) is 1. The minimum Gasteiger partial charge on any atom is -0.314 e. The van der Waals surface area contributed by atoms with E-state index in [1.165, 1.54) is 41.8 Å². The number of hydrogen-bond acceptors (Lipinski definition) is 3. The van der Waals surface area contributed by atoms with E-state index in [1.54, 1.807) is 5.57 Å². The van der Waals surface area contributed by atoms with E-state index >= 15 is 0 Å². The third kappa shape index (κ3) is 3.92. The minimum absolute atomic E-state index is 0.528. The Labute approximate surface area is 131 Å². The first-order chi connectivity index (χ1) is 10.3. The van der Waals surface area contributed by atoms with E-state index in [-0.39, 0.29) is 0 Å². The van der Waals surface area contributed by atoms with E-state index in [0.717, 1.165) is 18.5 Å². The fourth-order valence-corrected chi connectivity index (χ4v) is 4.18. The first-order valence-electron chi connectivity index (χ1n) is 8.11. The Kier molecular flexibility index (Phi) is 5.04. The van der Waals surface area contributed by atoms with Gasteiger partial charge in [0.05, 0.1) is 15.2 Å². The zero-order chi connectivity index (χ0) is 14.5. The second-order valence-electron chi connectivity index (χ2n) is 5.85.